The maximum Gasteiger partial charge on any atom is 0.248 e. The normalized spacial score (nSPS) is 27.8. The summed E-state index contributed by atoms with van der Waals surface area (Å²) in [5, 5.41) is 15.8. The molecule has 2 aliphatic heterocycles. The maximum absolute atomic E-state index is 12.4. The van der Waals surface area contributed by atoms with Crippen LogP contribution in [0.4, 0.5) is 0 Å². The Morgan fingerprint density at radius 2 is 2.08 bits per heavy atom. The van der Waals surface area contributed by atoms with E-state index < -0.39 is 18.2 Å². The summed E-state index contributed by atoms with van der Waals surface area (Å²) in [5.41, 5.74) is 3.72. The molecule has 2 aliphatic rings. The summed E-state index contributed by atoms with van der Waals surface area (Å²) in [7, 11) is 0. The second kappa shape index (κ2) is 6.53. The van der Waals surface area contributed by atoms with E-state index in [4.69, 9.17) is 0 Å². The van der Waals surface area contributed by atoms with E-state index in [1.807, 2.05) is 0 Å². The number of nitrogens with one attached hydrogen (secondary N) is 2. The number of aryl methyl sites for hydroxylation is 2. The average molecular weight is 331 g/mol. The molecule has 0 spiro atoms. The van der Waals surface area contributed by atoms with E-state index in [1.165, 1.54) is 23.6 Å². The lowest BCUT2D eigenvalue weighted by atomic mass is 10.0. The molecule has 0 saturated carbocycles. The van der Waals surface area contributed by atoms with Crippen LogP contribution in [0, 0.1) is 13.8 Å². The minimum atomic E-state index is -0.884. The van der Waals surface area contributed by atoms with Crippen molar-refractivity contribution < 1.29 is 14.7 Å². The molecule has 2 heterocycles. The van der Waals surface area contributed by atoms with E-state index in [9.17, 15) is 14.7 Å². The van der Waals surface area contributed by atoms with Gasteiger partial charge in [-0.3, -0.25) is 9.59 Å². The molecule has 2 fully saturated rings. The van der Waals surface area contributed by atoms with Gasteiger partial charge in [0.05, 0.1) is 6.10 Å². The van der Waals surface area contributed by atoms with E-state index in [-0.39, 0.29) is 17.9 Å². The predicted molar refractivity (Wildman–Crippen MR) is 90.3 cm³/mol. The van der Waals surface area contributed by atoms with Crippen LogP contribution in [0.1, 0.15) is 30.0 Å². The number of hydrogen-bond donors (Lipinski definition) is 3. The molecule has 2 amide bonds. The van der Waals surface area contributed by atoms with Crippen molar-refractivity contribution >= 4 is 11.8 Å². The predicted octanol–water partition coefficient (Wildman–Crippen LogP) is 0.242. The van der Waals surface area contributed by atoms with Gasteiger partial charge in [0, 0.05) is 19.1 Å². The van der Waals surface area contributed by atoms with Gasteiger partial charge in [-0.2, -0.15) is 0 Å². The number of amides is 2. The van der Waals surface area contributed by atoms with Gasteiger partial charge in [0.2, 0.25) is 11.8 Å². The highest BCUT2D eigenvalue weighted by atomic mass is 16.3. The molecule has 2 saturated heterocycles. The van der Waals surface area contributed by atoms with Crippen molar-refractivity contribution in [2.75, 3.05) is 6.54 Å². The molecule has 4 atom stereocenters. The summed E-state index contributed by atoms with van der Waals surface area (Å²) in [5.74, 6) is -0.360. The monoisotopic (exact) mass is 331 g/mol. The summed E-state index contributed by atoms with van der Waals surface area (Å²) in [6.45, 7) is 6.92. The first-order valence-electron chi connectivity index (χ1n) is 8.45. The first kappa shape index (κ1) is 16.9. The number of hydrogen-bond acceptors (Lipinski definition) is 4. The molecule has 0 bridgehead atoms. The van der Waals surface area contributed by atoms with Crippen molar-refractivity contribution in [1.29, 1.82) is 0 Å². The van der Waals surface area contributed by atoms with Crippen LogP contribution in [-0.4, -0.2) is 52.6 Å². The molecule has 1 aromatic rings. The topological polar surface area (TPSA) is 81.7 Å². The number of benzene rings is 1. The van der Waals surface area contributed by atoms with Crippen LogP contribution in [0.25, 0.3) is 0 Å². The van der Waals surface area contributed by atoms with E-state index in [2.05, 4.69) is 42.7 Å². The number of fused-ring (bicyclic) bond motifs is 1. The van der Waals surface area contributed by atoms with Gasteiger partial charge in [-0.1, -0.05) is 18.2 Å². The Kier molecular flexibility index (Phi) is 4.60. The fourth-order valence-corrected chi connectivity index (χ4v) is 3.47. The molecule has 0 aromatic heterocycles. The van der Waals surface area contributed by atoms with Crippen molar-refractivity contribution in [3.05, 3.63) is 34.9 Å². The Bertz CT molecular complexity index is 659. The van der Waals surface area contributed by atoms with Gasteiger partial charge in [-0.25, -0.2) is 0 Å². The molecule has 3 N–H and O–H groups in total. The quantitative estimate of drug-likeness (QED) is 0.738. The number of rotatable bonds is 4. The first-order valence-corrected chi connectivity index (χ1v) is 8.45. The van der Waals surface area contributed by atoms with Crippen molar-refractivity contribution in [3.8, 4) is 0 Å². The van der Waals surface area contributed by atoms with Crippen LogP contribution in [0.5, 0.6) is 0 Å². The van der Waals surface area contributed by atoms with E-state index in [0.29, 0.717) is 19.5 Å². The number of nitrogens with zero attached hydrogens (tertiary/aromatic N) is 1. The molecule has 24 heavy (non-hydrogen) atoms. The average Bonchev–Trinajstić information content (AvgIpc) is 2.97. The van der Waals surface area contributed by atoms with Gasteiger partial charge in [0.15, 0.2) is 0 Å². The standard InChI is InChI=1S/C18H25N3O3/c1-10-4-5-13(6-11(10)2)8-19-14-7-15-17(23)20-16(12(3)22)18(24)21(15)9-14/h4-6,12,14-16,19,22H,7-9H2,1-3H3,(H,20,23)/t12-,14-,15-,16+/m0/s1. The Morgan fingerprint density at radius 3 is 2.75 bits per heavy atom. The fourth-order valence-electron chi connectivity index (χ4n) is 3.47. The van der Waals surface area contributed by atoms with Crippen molar-refractivity contribution in [3.63, 3.8) is 0 Å². The Labute approximate surface area is 142 Å². The van der Waals surface area contributed by atoms with Gasteiger partial charge in [-0.05, 0) is 43.9 Å². The van der Waals surface area contributed by atoms with Crippen LogP contribution >= 0.6 is 0 Å². The number of aliphatic hydroxyl groups is 1. The minimum absolute atomic E-state index is 0.0825. The second-order valence-electron chi connectivity index (χ2n) is 6.97. The van der Waals surface area contributed by atoms with Crippen LogP contribution in [0.15, 0.2) is 18.2 Å². The lowest BCUT2D eigenvalue weighted by Gasteiger charge is -2.35. The smallest absolute Gasteiger partial charge is 0.248 e. The number of carbonyl (C=O) groups is 2. The van der Waals surface area contributed by atoms with E-state index in [0.717, 1.165) is 0 Å². The Morgan fingerprint density at radius 1 is 1.33 bits per heavy atom. The molecule has 1 aromatic carbocycles. The van der Waals surface area contributed by atoms with Gasteiger partial charge >= 0.3 is 0 Å². The highest BCUT2D eigenvalue weighted by Crippen LogP contribution is 2.24. The zero-order valence-electron chi connectivity index (χ0n) is 14.4. The zero-order valence-corrected chi connectivity index (χ0v) is 14.4. The fraction of sp³-hybridized carbons (Fsp3) is 0.556. The zero-order chi connectivity index (χ0) is 17.4. The number of carbonyl (C=O) groups excluding carboxylic acids is 2. The number of piperazine rings is 1. The molecule has 3 rings (SSSR count). The summed E-state index contributed by atoms with van der Waals surface area (Å²) in [6, 6.07) is 5.19. The van der Waals surface area contributed by atoms with Crippen LogP contribution < -0.4 is 10.6 Å². The third-order valence-electron chi connectivity index (χ3n) is 5.10. The summed E-state index contributed by atoms with van der Waals surface area (Å²) < 4.78 is 0. The first-order chi connectivity index (χ1) is 11.4. The molecular formula is C18H25N3O3. The molecule has 6 heteroatoms. The van der Waals surface area contributed by atoms with Gasteiger partial charge in [-0.15, -0.1) is 0 Å². The SMILES string of the molecule is Cc1ccc(CN[C@H]2C[C@H]3C(=O)N[C@H]([C@H](C)O)C(=O)N3C2)cc1C. The van der Waals surface area contributed by atoms with Crippen LogP contribution in [-0.2, 0) is 16.1 Å². The third kappa shape index (κ3) is 3.16. The lowest BCUT2D eigenvalue weighted by Crippen LogP contribution is -2.64. The summed E-state index contributed by atoms with van der Waals surface area (Å²) in [6.07, 6.45) is -0.278. The number of aliphatic hydroxyl groups excluding tert-OH is 1. The third-order valence-corrected chi connectivity index (χ3v) is 5.10. The molecule has 130 valence electrons. The van der Waals surface area contributed by atoms with E-state index in [1.54, 1.807) is 4.90 Å². The maximum atomic E-state index is 12.4. The van der Waals surface area contributed by atoms with Crippen molar-refractivity contribution in [2.45, 2.75) is 58.0 Å². The largest absolute Gasteiger partial charge is 0.391 e. The van der Waals surface area contributed by atoms with Crippen LogP contribution in [0.2, 0.25) is 0 Å². The molecular weight excluding hydrogens is 306 g/mol. The van der Waals surface area contributed by atoms with Crippen LogP contribution in [0.3, 0.4) is 0 Å². The lowest BCUT2D eigenvalue weighted by molar-refractivity contribution is -0.149. The van der Waals surface area contributed by atoms with Gasteiger partial charge in [0.25, 0.3) is 0 Å². The van der Waals surface area contributed by atoms with E-state index >= 15 is 0 Å². The molecule has 6 nitrogen and oxygen atoms in total. The van der Waals surface area contributed by atoms with Gasteiger partial charge in [0.1, 0.15) is 12.1 Å². The molecule has 0 aliphatic carbocycles. The molecule has 0 radical (unpaired) electrons. The molecule has 0 unspecified atom stereocenters. The minimum Gasteiger partial charge on any atom is -0.391 e. The highest BCUT2D eigenvalue weighted by molar-refractivity contribution is 5.97. The Balaban J connectivity index is 1.63. The highest BCUT2D eigenvalue weighted by Gasteiger charge is 2.47. The van der Waals surface area contributed by atoms with Crippen molar-refractivity contribution in [2.24, 2.45) is 0 Å². The Hall–Kier alpha value is -1.92. The van der Waals surface area contributed by atoms with Gasteiger partial charge < -0.3 is 20.6 Å². The van der Waals surface area contributed by atoms with Crippen molar-refractivity contribution in [1.82, 2.24) is 15.5 Å². The second-order valence-corrected chi connectivity index (χ2v) is 6.97. The summed E-state index contributed by atoms with van der Waals surface area (Å²) >= 11 is 0. The summed E-state index contributed by atoms with van der Waals surface area (Å²) in [4.78, 5) is 26.2.